The third-order valence-electron chi connectivity index (χ3n) is 5.57. The van der Waals surface area contributed by atoms with Crippen LogP contribution in [0.25, 0.3) is 22.0 Å². The van der Waals surface area contributed by atoms with Crippen molar-refractivity contribution >= 4 is 22.8 Å². The molecular formula is C22H24N4O2. The summed E-state index contributed by atoms with van der Waals surface area (Å²) in [5.41, 5.74) is 2.00. The standard InChI is InChI=1S/C22H24N4O2/c1-15(24-22(27)28)16-9-12-26(13-10-16)21-23-11-8-20(25-21)19-7-6-17-4-2-3-5-18(17)14-19/h2-8,11,14-16,24H,9-10,12-13H2,1H3,(H,27,28)/t15-/m1/s1. The monoisotopic (exact) mass is 376 g/mol. The molecule has 1 saturated heterocycles. The molecule has 0 radical (unpaired) electrons. The number of aromatic nitrogens is 2. The molecule has 2 aromatic carbocycles. The lowest BCUT2D eigenvalue weighted by molar-refractivity contribution is 0.183. The van der Waals surface area contributed by atoms with Crippen LogP contribution in [0.3, 0.4) is 0 Å². The first-order chi connectivity index (χ1) is 13.6. The smallest absolute Gasteiger partial charge is 0.404 e. The maximum absolute atomic E-state index is 10.9. The van der Waals surface area contributed by atoms with Gasteiger partial charge in [-0.1, -0.05) is 36.4 Å². The minimum absolute atomic E-state index is 0.0375. The predicted molar refractivity (Wildman–Crippen MR) is 111 cm³/mol. The number of hydrogen-bond acceptors (Lipinski definition) is 4. The number of rotatable bonds is 4. The molecule has 2 N–H and O–H groups in total. The number of nitrogens with one attached hydrogen (secondary N) is 1. The number of carbonyl (C=O) groups is 1. The van der Waals surface area contributed by atoms with Crippen molar-refractivity contribution in [2.75, 3.05) is 18.0 Å². The molecule has 0 aliphatic carbocycles. The Morgan fingerprint density at radius 1 is 1.14 bits per heavy atom. The van der Waals surface area contributed by atoms with Crippen LogP contribution in [0, 0.1) is 5.92 Å². The van der Waals surface area contributed by atoms with Crippen molar-refractivity contribution in [1.82, 2.24) is 15.3 Å². The maximum atomic E-state index is 10.9. The maximum Gasteiger partial charge on any atom is 0.404 e. The summed E-state index contributed by atoms with van der Waals surface area (Å²) in [6.07, 6.45) is 2.70. The Morgan fingerprint density at radius 3 is 2.64 bits per heavy atom. The number of hydrogen-bond donors (Lipinski definition) is 2. The van der Waals surface area contributed by atoms with Crippen LogP contribution in [0.1, 0.15) is 19.8 Å². The number of benzene rings is 2. The molecule has 1 amide bonds. The van der Waals surface area contributed by atoms with Gasteiger partial charge in [0.05, 0.1) is 5.69 Å². The molecule has 1 atom stereocenters. The van der Waals surface area contributed by atoms with E-state index >= 15 is 0 Å². The quantitative estimate of drug-likeness (QED) is 0.714. The van der Waals surface area contributed by atoms with Crippen molar-refractivity contribution < 1.29 is 9.90 Å². The van der Waals surface area contributed by atoms with E-state index in [2.05, 4.69) is 45.5 Å². The summed E-state index contributed by atoms with van der Waals surface area (Å²) in [6, 6.07) is 16.6. The summed E-state index contributed by atoms with van der Waals surface area (Å²) in [4.78, 5) is 22.3. The van der Waals surface area contributed by atoms with Gasteiger partial charge in [0.2, 0.25) is 5.95 Å². The fourth-order valence-corrected chi connectivity index (χ4v) is 3.92. The molecule has 1 fully saturated rings. The summed E-state index contributed by atoms with van der Waals surface area (Å²) in [7, 11) is 0. The molecule has 6 heteroatoms. The molecule has 0 spiro atoms. The highest BCUT2D eigenvalue weighted by Crippen LogP contribution is 2.26. The van der Waals surface area contributed by atoms with Gasteiger partial charge < -0.3 is 15.3 Å². The zero-order chi connectivity index (χ0) is 19.5. The van der Waals surface area contributed by atoms with Crippen molar-refractivity contribution in [2.24, 2.45) is 5.92 Å². The zero-order valence-corrected chi connectivity index (χ0v) is 15.9. The summed E-state index contributed by atoms with van der Waals surface area (Å²) in [5.74, 6) is 1.08. The Bertz CT molecular complexity index is 983. The lowest BCUT2D eigenvalue weighted by Gasteiger charge is -2.34. The van der Waals surface area contributed by atoms with Crippen LogP contribution in [-0.2, 0) is 0 Å². The Labute approximate surface area is 164 Å². The van der Waals surface area contributed by atoms with E-state index in [0.29, 0.717) is 5.92 Å². The average Bonchev–Trinajstić information content (AvgIpc) is 2.73. The highest BCUT2D eigenvalue weighted by Gasteiger charge is 2.26. The molecule has 2 heterocycles. The van der Waals surface area contributed by atoms with E-state index in [4.69, 9.17) is 10.1 Å². The predicted octanol–water partition coefficient (Wildman–Crippen LogP) is 4.17. The van der Waals surface area contributed by atoms with Gasteiger partial charge in [0.1, 0.15) is 0 Å². The fourth-order valence-electron chi connectivity index (χ4n) is 3.92. The highest BCUT2D eigenvalue weighted by molar-refractivity contribution is 5.86. The Morgan fingerprint density at radius 2 is 1.89 bits per heavy atom. The van der Waals surface area contributed by atoms with Crippen LogP contribution in [0.5, 0.6) is 0 Å². The number of amides is 1. The molecule has 0 unspecified atom stereocenters. The highest BCUT2D eigenvalue weighted by atomic mass is 16.4. The van der Waals surface area contributed by atoms with Crippen molar-refractivity contribution in [1.29, 1.82) is 0 Å². The third kappa shape index (κ3) is 3.91. The molecule has 28 heavy (non-hydrogen) atoms. The fraction of sp³-hybridized carbons (Fsp3) is 0.318. The van der Waals surface area contributed by atoms with Gasteiger partial charge in [-0.3, -0.25) is 0 Å². The van der Waals surface area contributed by atoms with Crippen molar-refractivity contribution in [3.8, 4) is 11.3 Å². The normalized spacial score (nSPS) is 16.1. The number of anilines is 1. The lowest BCUT2D eigenvalue weighted by atomic mass is 9.90. The summed E-state index contributed by atoms with van der Waals surface area (Å²) in [6.45, 7) is 3.60. The molecular weight excluding hydrogens is 352 g/mol. The van der Waals surface area contributed by atoms with Crippen LogP contribution in [0.2, 0.25) is 0 Å². The van der Waals surface area contributed by atoms with Gasteiger partial charge in [0, 0.05) is 30.9 Å². The van der Waals surface area contributed by atoms with Gasteiger partial charge >= 0.3 is 6.09 Å². The summed E-state index contributed by atoms with van der Waals surface area (Å²) >= 11 is 0. The Hall–Kier alpha value is -3.15. The van der Waals surface area contributed by atoms with Gasteiger partial charge in [0.15, 0.2) is 0 Å². The molecule has 1 aromatic heterocycles. The molecule has 4 rings (SSSR count). The molecule has 1 aliphatic heterocycles. The van der Waals surface area contributed by atoms with Gasteiger partial charge in [-0.2, -0.15) is 0 Å². The Balaban J connectivity index is 1.49. The molecule has 0 bridgehead atoms. The van der Waals surface area contributed by atoms with E-state index in [0.717, 1.165) is 43.1 Å². The SMILES string of the molecule is C[C@@H](NC(=O)O)C1CCN(c2nccc(-c3ccc4ccccc4c3)n2)CC1. The first-order valence-corrected chi connectivity index (χ1v) is 9.67. The number of carboxylic acid groups (broad SMARTS) is 1. The summed E-state index contributed by atoms with van der Waals surface area (Å²) in [5, 5.41) is 13.9. The van der Waals surface area contributed by atoms with E-state index in [1.807, 2.05) is 31.3 Å². The van der Waals surface area contributed by atoms with E-state index in [1.54, 1.807) is 0 Å². The number of piperidine rings is 1. The Kier molecular flexibility index (Phi) is 5.10. The number of fused-ring (bicyclic) bond motifs is 1. The van der Waals surface area contributed by atoms with Crippen molar-refractivity contribution in [3.05, 3.63) is 54.7 Å². The van der Waals surface area contributed by atoms with Gasteiger partial charge in [-0.15, -0.1) is 0 Å². The second-order valence-electron chi connectivity index (χ2n) is 7.37. The minimum Gasteiger partial charge on any atom is -0.465 e. The molecule has 1 aliphatic rings. The summed E-state index contributed by atoms with van der Waals surface area (Å²) < 4.78 is 0. The van der Waals surface area contributed by atoms with E-state index < -0.39 is 6.09 Å². The van der Waals surface area contributed by atoms with Crippen molar-refractivity contribution in [3.63, 3.8) is 0 Å². The van der Waals surface area contributed by atoms with Crippen LogP contribution >= 0.6 is 0 Å². The van der Waals surface area contributed by atoms with Gasteiger partial charge in [-0.25, -0.2) is 14.8 Å². The van der Waals surface area contributed by atoms with E-state index in [-0.39, 0.29) is 6.04 Å². The third-order valence-corrected chi connectivity index (χ3v) is 5.57. The van der Waals surface area contributed by atoms with E-state index in [9.17, 15) is 4.79 Å². The molecule has 144 valence electrons. The zero-order valence-electron chi connectivity index (χ0n) is 15.9. The largest absolute Gasteiger partial charge is 0.465 e. The van der Waals surface area contributed by atoms with Gasteiger partial charge in [0.25, 0.3) is 0 Å². The number of nitrogens with zero attached hydrogens (tertiary/aromatic N) is 3. The van der Waals surface area contributed by atoms with Crippen molar-refractivity contribution in [2.45, 2.75) is 25.8 Å². The first kappa shape index (κ1) is 18.2. The topological polar surface area (TPSA) is 78.4 Å². The van der Waals surface area contributed by atoms with Gasteiger partial charge in [-0.05, 0) is 48.6 Å². The van der Waals surface area contributed by atoms with Crippen LogP contribution in [0.4, 0.5) is 10.7 Å². The second kappa shape index (κ2) is 7.84. The molecule has 3 aromatic rings. The lowest BCUT2D eigenvalue weighted by Crippen LogP contribution is -2.44. The minimum atomic E-state index is -0.957. The van der Waals surface area contributed by atoms with Crippen LogP contribution < -0.4 is 10.2 Å². The average molecular weight is 376 g/mol. The van der Waals surface area contributed by atoms with Crippen LogP contribution in [-0.4, -0.2) is 40.3 Å². The molecule has 6 nitrogen and oxygen atoms in total. The first-order valence-electron chi connectivity index (χ1n) is 9.67. The second-order valence-corrected chi connectivity index (χ2v) is 7.37. The molecule has 0 saturated carbocycles. The van der Waals surface area contributed by atoms with E-state index in [1.165, 1.54) is 10.8 Å². The van der Waals surface area contributed by atoms with Crippen LogP contribution in [0.15, 0.2) is 54.7 Å².